The van der Waals surface area contributed by atoms with Crippen molar-refractivity contribution in [1.82, 2.24) is 4.72 Å². The molecule has 0 fully saturated rings. The van der Waals surface area contributed by atoms with Crippen molar-refractivity contribution in [2.75, 3.05) is 0 Å². The van der Waals surface area contributed by atoms with Crippen LogP contribution in [0.4, 0.5) is 0 Å². The molecule has 0 bridgehead atoms. The van der Waals surface area contributed by atoms with Gasteiger partial charge in [-0.3, -0.25) is 0 Å². The lowest BCUT2D eigenvalue weighted by Crippen LogP contribution is -2.26. The molecule has 138 valence electrons. The number of aryl methyl sites for hydroxylation is 1. The van der Waals surface area contributed by atoms with E-state index in [0.29, 0.717) is 5.58 Å². The van der Waals surface area contributed by atoms with Gasteiger partial charge in [-0.05, 0) is 48.7 Å². The van der Waals surface area contributed by atoms with E-state index in [4.69, 9.17) is 4.42 Å². The maximum absolute atomic E-state index is 12.9. The Morgan fingerprint density at radius 1 is 0.926 bits per heavy atom. The number of fused-ring (bicyclic) bond motifs is 3. The van der Waals surface area contributed by atoms with E-state index in [0.717, 1.165) is 28.3 Å². The highest BCUT2D eigenvalue weighted by atomic mass is 32.2. The molecule has 1 aromatic heterocycles. The summed E-state index contributed by atoms with van der Waals surface area (Å²) in [5, 5.41) is 1.71. The van der Waals surface area contributed by atoms with Crippen molar-refractivity contribution in [2.45, 2.75) is 31.2 Å². The average molecular weight is 379 g/mol. The third-order valence-corrected chi connectivity index (χ3v) is 6.42. The molecule has 0 spiro atoms. The summed E-state index contributed by atoms with van der Waals surface area (Å²) in [6.45, 7) is 3.95. The molecule has 0 radical (unpaired) electrons. The lowest BCUT2D eigenvalue weighted by atomic mass is 10.1. The fourth-order valence-electron chi connectivity index (χ4n) is 3.28. The van der Waals surface area contributed by atoms with Crippen molar-refractivity contribution < 1.29 is 12.8 Å². The molecule has 4 rings (SSSR count). The minimum absolute atomic E-state index is 0.235. The highest BCUT2D eigenvalue weighted by Crippen LogP contribution is 2.30. The van der Waals surface area contributed by atoms with Crippen LogP contribution < -0.4 is 4.72 Å². The fourth-order valence-corrected chi connectivity index (χ4v) is 4.54. The molecule has 0 saturated carbocycles. The molecule has 1 atom stereocenters. The first-order chi connectivity index (χ1) is 13.0. The van der Waals surface area contributed by atoms with Gasteiger partial charge in [0.1, 0.15) is 11.2 Å². The Bertz CT molecular complexity index is 1210. The first-order valence-corrected chi connectivity index (χ1v) is 10.5. The summed E-state index contributed by atoms with van der Waals surface area (Å²) in [6.07, 6.45) is 0.957. The second-order valence-electron chi connectivity index (χ2n) is 6.69. The Kier molecular flexibility index (Phi) is 4.50. The lowest BCUT2D eigenvalue weighted by Gasteiger charge is -2.15. The molecule has 3 aromatic carbocycles. The average Bonchev–Trinajstić information content (AvgIpc) is 3.05. The van der Waals surface area contributed by atoms with Gasteiger partial charge in [-0.2, -0.15) is 0 Å². The monoisotopic (exact) mass is 379 g/mol. The van der Waals surface area contributed by atoms with Gasteiger partial charge < -0.3 is 4.42 Å². The highest BCUT2D eigenvalue weighted by molar-refractivity contribution is 7.89. The first kappa shape index (κ1) is 17.8. The highest BCUT2D eigenvalue weighted by Gasteiger charge is 2.20. The molecular formula is C22H21NO3S. The molecule has 4 nitrogen and oxygen atoms in total. The van der Waals surface area contributed by atoms with Crippen LogP contribution in [0, 0.1) is 0 Å². The quantitative estimate of drug-likeness (QED) is 0.519. The van der Waals surface area contributed by atoms with Gasteiger partial charge in [-0.25, -0.2) is 13.1 Å². The summed E-state index contributed by atoms with van der Waals surface area (Å²) in [6, 6.07) is 20.3. The van der Waals surface area contributed by atoms with Crippen molar-refractivity contribution in [3.05, 3.63) is 77.9 Å². The van der Waals surface area contributed by atoms with Crippen LogP contribution in [0.3, 0.4) is 0 Å². The molecule has 1 heterocycles. The largest absolute Gasteiger partial charge is 0.456 e. The van der Waals surface area contributed by atoms with Crippen LogP contribution in [0.1, 0.15) is 31.0 Å². The van der Waals surface area contributed by atoms with Crippen LogP contribution in [0.5, 0.6) is 0 Å². The predicted octanol–water partition coefficient (Wildman–Crippen LogP) is 5.19. The number of rotatable bonds is 5. The minimum Gasteiger partial charge on any atom is -0.456 e. The second kappa shape index (κ2) is 6.83. The Morgan fingerprint density at radius 2 is 1.63 bits per heavy atom. The topological polar surface area (TPSA) is 59.3 Å². The van der Waals surface area contributed by atoms with E-state index in [-0.39, 0.29) is 10.9 Å². The van der Waals surface area contributed by atoms with Crippen LogP contribution in [-0.4, -0.2) is 8.42 Å². The minimum atomic E-state index is -3.65. The zero-order valence-corrected chi connectivity index (χ0v) is 16.1. The number of benzene rings is 3. The second-order valence-corrected chi connectivity index (χ2v) is 8.41. The van der Waals surface area contributed by atoms with E-state index in [1.54, 1.807) is 18.2 Å². The Morgan fingerprint density at radius 3 is 2.37 bits per heavy atom. The van der Waals surface area contributed by atoms with E-state index < -0.39 is 10.0 Å². The normalized spacial score (nSPS) is 13.3. The van der Waals surface area contributed by atoms with Gasteiger partial charge in [0.05, 0.1) is 4.90 Å². The molecule has 0 aliphatic rings. The van der Waals surface area contributed by atoms with Gasteiger partial charge in [0.15, 0.2) is 0 Å². The summed E-state index contributed by atoms with van der Waals surface area (Å²) in [7, 11) is -3.65. The molecule has 0 amide bonds. The van der Waals surface area contributed by atoms with E-state index >= 15 is 0 Å². The SMILES string of the molecule is CCc1ccc([C@H](C)NS(=O)(=O)c2ccc3oc4ccccc4c3c2)cc1. The van der Waals surface area contributed by atoms with Crippen LogP contribution in [0.2, 0.25) is 0 Å². The number of para-hydroxylation sites is 1. The van der Waals surface area contributed by atoms with Gasteiger partial charge in [0.2, 0.25) is 10.0 Å². The van der Waals surface area contributed by atoms with Gasteiger partial charge in [0, 0.05) is 16.8 Å². The van der Waals surface area contributed by atoms with Crippen molar-refractivity contribution in [3.8, 4) is 0 Å². The maximum atomic E-state index is 12.9. The molecule has 4 aromatic rings. The third kappa shape index (κ3) is 3.36. The van der Waals surface area contributed by atoms with Gasteiger partial charge in [-0.1, -0.05) is 49.4 Å². The van der Waals surface area contributed by atoms with Crippen LogP contribution in [-0.2, 0) is 16.4 Å². The first-order valence-electron chi connectivity index (χ1n) is 9.00. The van der Waals surface area contributed by atoms with Crippen molar-refractivity contribution in [2.24, 2.45) is 0 Å². The summed E-state index contributed by atoms with van der Waals surface area (Å²) >= 11 is 0. The van der Waals surface area contributed by atoms with E-state index in [2.05, 4.69) is 11.6 Å². The zero-order chi connectivity index (χ0) is 19.0. The van der Waals surface area contributed by atoms with Crippen LogP contribution in [0.25, 0.3) is 21.9 Å². The van der Waals surface area contributed by atoms with E-state index in [1.807, 2.05) is 55.5 Å². The van der Waals surface area contributed by atoms with Crippen molar-refractivity contribution in [3.63, 3.8) is 0 Å². The number of hydrogen-bond donors (Lipinski definition) is 1. The van der Waals surface area contributed by atoms with Gasteiger partial charge in [-0.15, -0.1) is 0 Å². The summed E-state index contributed by atoms with van der Waals surface area (Å²) in [5.41, 5.74) is 3.59. The Hall–Kier alpha value is -2.63. The predicted molar refractivity (Wildman–Crippen MR) is 108 cm³/mol. The van der Waals surface area contributed by atoms with Crippen LogP contribution >= 0.6 is 0 Å². The maximum Gasteiger partial charge on any atom is 0.241 e. The molecule has 0 aliphatic heterocycles. The molecule has 0 aliphatic carbocycles. The number of sulfonamides is 1. The smallest absolute Gasteiger partial charge is 0.241 e. The molecular weight excluding hydrogens is 358 g/mol. The lowest BCUT2D eigenvalue weighted by molar-refractivity contribution is 0.567. The standard InChI is InChI=1S/C22H21NO3S/c1-3-16-8-10-17(11-9-16)15(2)23-27(24,25)18-12-13-22-20(14-18)19-6-4-5-7-21(19)26-22/h4-15,23H,3H2,1-2H3/t15-/m0/s1. The van der Waals surface area contributed by atoms with Crippen molar-refractivity contribution in [1.29, 1.82) is 0 Å². The summed E-state index contributed by atoms with van der Waals surface area (Å²) < 4.78 is 34.3. The summed E-state index contributed by atoms with van der Waals surface area (Å²) in [4.78, 5) is 0.235. The molecule has 0 saturated heterocycles. The molecule has 27 heavy (non-hydrogen) atoms. The molecule has 1 N–H and O–H groups in total. The van der Waals surface area contributed by atoms with E-state index in [9.17, 15) is 8.42 Å². The number of furan rings is 1. The molecule has 5 heteroatoms. The summed E-state index contributed by atoms with van der Waals surface area (Å²) in [5.74, 6) is 0. The van der Waals surface area contributed by atoms with Gasteiger partial charge >= 0.3 is 0 Å². The third-order valence-electron chi connectivity index (χ3n) is 4.88. The number of hydrogen-bond acceptors (Lipinski definition) is 3. The molecule has 0 unspecified atom stereocenters. The Balaban J connectivity index is 1.67. The van der Waals surface area contributed by atoms with Gasteiger partial charge in [0.25, 0.3) is 0 Å². The Labute approximate surface area is 158 Å². The van der Waals surface area contributed by atoms with E-state index in [1.165, 1.54) is 5.56 Å². The number of nitrogens with one attached hydrogen (secondary N) is 1. The van der Waals surface area contributed by atoms with Crippen LogP contribution in [0.15, 0.2) is 76.0 Å². The fraction of sp³-hybridized carbons (Fsp3) is 0.182. The zero-order valence-electron chi connectivity index (χ0n) is 15.3. The van der Waals surface area contributed by atoms with Crippen molar-refractivity contribution >= 4 is 32.0 Å².